The molecule has 0 saturated carbocycles. The minimum Gasteiger partial charge on any atom is -0.497 e. The second-order valence-electron chi connectivity index (χ2n) is 5.67. The smallest absolute Gasteiger partial charge is 0.240 e. The van der Waals surface area contributed by atoms with Crippen molar-refractivity contribution < 1.29 is 22.7 Å². The van der Waals surface area contributed by atoms with Crippen LogP contribution < -0.4 is 9.46 Å². The highest BCUT2D eigenvalue weighted by molar-refractivity contribution is 7.89. The summed E-state index contributed by atoms with van der Waals surface area (Å²) in [5.74, 6) is 0.502. The first-order valence-electron chi connectivity index (χ1n) is 7.93. The van der Waals surface area contributed by atoms with Gasteiger partial charge in [-0.2, -0.15) is 0 Å². The Bertz CT molecular complexity index is 639. The molecule has 1 N–H and O–H groups in total. The topological polar surface area (TPSA) is 84.9 Å². The Morgan fingerprint density at radius 2 is 2.08 bits per heavy atom. The summed E-state index contributed by atoms with van der Waals surface area (Å²) in [5.41, 5.74) is 0. The number of rotatable bonds is 8. The lowest BCUT2D eigenvalue weighted by atomic mass is 10.2. The van der Waals surface area contributed by atoms with Gasteiger partial charge in [-0.1, -0.05) is 0 Å². The third kappa shape index (κ3) is 5.19. The zero-order chi connectivity index (χ0) is 17.6. The number of carbonyl (C=O) groups excluding carboxylic acids is 1. The fourth-order valence-electron chi connectivity index (χ4n) is 2.56. The zero-order valence-electron chi connectivity index (χ0n) is 14.0. The van der Waals surface area contributed by atoms with Gasteiger partial charge in [0.1, 0.15) is 5.75 Å². The maximum absolute atomic E-state index is 12.2. The molecule has 0 bridgehead atoms. The second-order valence-corrected chi connectivity index (χ2v) is 7.44. The highest BCUT2D eigenvalue weighted by Gasteiger charge is 2.21. The molecule has 7 nitrogen and oxygen atoms in total. The summed E-state index contributed by atoms with van der Waals surface area (Å²) in [4.78, 5) is 13.5. The number of methoxy groups -OCH3 is 1. The van der Waals surface area contributed by atoms with E-state index in [4.69, 9.17) is 9.47 Å². The SMILES string of the molecule is COc1ccc(S(=O)(=O)NCCN(CC2CCCO2)C(C)=O)cc1. The second kappa shape index (κ2) is 8.46. The lowest BCUT2D eigenvalue weighted by molar-refractivity contribution is -0.130. The largest absolute Gasteiger partial charge is 0.497 e. The monoisotopic (exact) mass is 356 g/mol. The molecule has 1 heterocycles. The summed E-state index contributed by atoms with van der Waals surface area (Å²) in [6.45, 7) is 3.16. The van der Waals surface area contributed by atoms with Crippen molar-refractivity contribution >= 4 is 15.9 Å². The number of sulfonamides is 1. The fraction of sp³-hybridized carbons (Fsp3) is 0.562. The van der Waals surface area contributed by atoms with Crippen molar-refractivity contribution in [1.29, 1.82) is 0 Å². The maximum atomic E-state index is 12.2. The first kappa shape index (κ1) is 18.7. The fourth-order valence-corrected chi connectivity index (χ4v) is 3.59. The van der Waals surface area contributed by atoms with Crippen LogP contribution in [0, 0.1) is 0 Å². The van der Waals surface area contributed by atoms with Crippen LogP contribution in [-0.4, -0.2) is 58.7 Å². The molecule has 134 valence electrons. The molecule has 0 aromatic heterocycles. The van der Waals surface area contributed by atoms with E-state index in [-0.39, 0.29) is 23.5 Å². The van der Waals surface area contributed by atoms with Crippen molar-refractivity contribution in [2.45, 2.75) is 30.8 Å². The van der Waals surface area contributed by atoms with Gasteiger partial charge in [0.15, 0.2) is 0 Å². The molecule has 24 heavy (non-hydrogen) atoms. The number of amides is 1. The number of benzene rings is 1. The van der Waals surface area contributed by atoms with Gasteiger partial charge < -0.3 is 14.4 Å². The maximum Gasteiger partial charge on any atom is 0.240 e. The van der Waals surface area contributed by atoms with Gasteiger partial charge in [0.05, 0.1) is 18.1 Å². The van der Waals surface area contributed by atoms with Crippen molar-refractivity contribution in [3.63, 3.8) is 0 Å². The summed E-state index contributed by atoms with van der Waals surface area (Å²) in [5, 5.41) is 0. The summed E-state index contributed by atoms with van der Waals surface area (Å²) >= 11 is 0. The number of nitrogens with one attached hydrogen (secondary N) is 1. The van der Waals surface area contributed by atoms with E-state index in [0.29, 0.717) is 18.8 Å². The van der Waals surface area contributed by atoms with Gasteiger partial charge in [0.25, 0.3) is 0 Å². The lowest BCUT2D eigenvalue weighted by Gasteiger charge is -2.24. The number of hydrogen-bond acceptors (Lipinski definition) is 5. The Hall–Kier alpha value is -1.64. The first-order valence-corrected chi connectivity index (χ1v) is 9.41. The molecule has 1 fully saturated rings. The van der Waals surface area contributed by atoms with Crippen molar-refractivity contribution in [1.82, 2.24) is 9.62 Å². The molecule has 1 aromatic carbocycles. The van der Waals surface area contributed by atoms with Gasteiger partial charge in [-0.05, 0) is 37.1 Å². The van der Waals surface area contributed by atoms with Gasteiger partial charge >= 0.3 is 0 Å². The van der Waals surface area contributed by atoms with E-state index in [9.17, 15) is 13.2 Å². The molecule has 1 aromatic rings. The van der Waals surface area contributed by atoms with Gasteiger partial charge in [-0.3, -0.25) is 4.79 Å². The van der Waals surface area contributed by atoms with Crippen LogP contribution in [0.5, 0.6) is 5.75 Å². The standard InChI is InChI=1S/C16H24N2O5S/c1-13(19)18(12-15-4-3-11-23-15)10-9-17-24(20,21)16-7-5-14(22-2)6-8-16/h5-8,15,17H,3-4,9-12H2,1-2H3. The number of ether oxygens (including phenoxy) is 2. The molecule has 0 spiro atoms. The Balaban J connectivity index is 1.88. The summed E-state index contributed by atoms with van der Waals surface area (Å²) < 4.78 is 37.6. The van der Waals surface area contributed by atoms with Crippen LogP contribution >= 0.6 is 0 Å². The van der Waals surface area contributed by atoms with Crippen LogP contribution in [0.3, 0.4) is 0 Å². The highest BCUT2D eigenvalue weighted by Crippen LogP contribution is 2.15. The van der Waals surface area contributed by atoms with Crippen LogP contribution in [0.2, 0.25) is 0 Å². The normalized spacial score (nSPS) is 17.7. The van der Waals surface area contributed by atoms with E-state index in [1.807, 2.05) is 0 Å². The molecular weight excluding hydrogens is 332 g/mol. The molecule has 8 heteroatoms. The molecule has 1 unspecified atom stereocenters. The van der Waals surface area contributed by atoms with Gasteiger partial charge in [-0.15, -0.1) is 0 Å². The van der Waals surface area contributed by atoms with Crippen LogP contribution in [0.15, 0.2) is 29.2 Å². The average Bonchev–Trinajstić information content (AvgIpc) is 3.07. The Kier molecular flexibility index (Phi) is 6.59. The third-order valence-electron chi connectivity index (χ3n) is 3.94. The van der Waals surface area contributed by atoms with E-state index in [1.54, 1.807) is 17.0 Å². The Labute approximate surface area is 143 Å². The van der Waals surface area contributed by atoms with Crippen LogP contribution in [0.25, 0.3) is 0 Å². The molecule has 1 aliphatic rings. The minimum atomic E-state index is -3.61. The molecule has 1 saturated heterocycles. The first-order chi connectivity index (χ1) is 11.4. The predicted molar refractivity (Wildman–Crippen MR) is 89.4 cm³/mol. The molecular formula is C16H24N2O5S. The van der Waals surface area contributed by atoms with E-state index >= 15 is 0 Å². The highest BCUT2D eigenvalue weighted by atomic mass is 32.2. The van der Waals surface area contributed by atoms with Gasteiger partial charge in [0.2, 0.25) is 15.9 Å². The van der Waals surface area contributed by atoms with Crippen LogP contribution in [0.1, 0.15) is 19.8 Å². The summed E-state index contributed by atoms with van der Waals surface area (Å²) in [7, 11) is -2.09. The van der Waals surface area contributed by atoms with Crippen molar-refractivity contribution in [2.24, 2.45) is 0 Å². The van der Waals surface area contributed by atoms with E-state index in [0.717, 1.165) is 19.4 Å². The number of hydrogen-bond donors (Lipinski definition) is 1. The number of nitrogens with zero attached hydrogens (tertiary/aromatic N) is 1. The summed E-state index contributed by atoms with van der Waals surface area (Å²) in [6.07, 6.45) is 1.98. The molecule has 1 atom stereocenters. The molecule has 1 amide bonds. The van der Waals surface area contributed by atoms with Crippen molar-refractivity contribution in [3.05, 3.63) is 24.3 Å². The van der Waals surface area contributed by atoms with Gasteiger partial charge in [-0.25, -0.2) is 13.1 Å². The minimum absolute atomic E-state index is 0.0482. The zero-order valence-corrected chi connectivity index (χ0v) is 14.8. The van der Waals surface area contributed by atoms with E-state index in [1.165, 1.54) is 26.2 Å². The molecule has 1 aliphatic heterocycles. The molecule has 0 aliphatic carbocycles. The van der Waals surface area contributed by atoms with Crippen molar-refractivity contribution in [2.75, 3.05) is 33.4 Å². The Morgan fingerprint density at radius 3 is 2.62 bits per heavy atom. The predicted octanol–water partition coefficient (Wildman–Crippen LogP) is 1.00. The molecule has 2 rings (SSSR count). The van der Waals surface area contributed by atoms with Gasteiger partial charge in [0, 0.05) is 33.2 Å². The molecule has 0 radical (unpaired) electrons. The number of carbonyl (C=O) groups is 1. The van der Waals surface area contributed by atoms with Crippen molar-refractivity contribution in [3.8, 4) is 5.75 Å². The lowest BCUT2D eigenvalue weighted by Crippen LogP contribution is -2.41. The third-order valence-corrected chi connectivity index (χ3v) is 5.41. The van der Waals surface area contributed by atoms with E-state index < -0.39 is 10.0 Å². The quantitative estimate of drug-likeness (QED) is 0.751. The Morgan fingerprint density at radius 1 is 1.38 bits per heavy atom. The summed E-state index contributed by atoms with van der Waals surface area (Å²) in [6, 6.07) is 6.15. The average molecular weight is 356 g/mol. The van der Waals surface area contributed by atoms with E-state index in [2.05, 4.69) is 4.72 Å². The van der Waals surface area contributed by atoms with Crippen LogP contribution in [0.4, 0.5) is 0 Å². The van der Waals surface area contributed by atoms with Crippen LogP contribution in [-0.2, 0) is 19.6 Å².